The first-order valence-electron chi connectivity index (χ1n) is 8.29. The third kappa shape index (κ3) is 4.74. The normalized spacial score (nSPS) is 16.9. The van der Waals surface area contributed by atoms with Crippen LogP contribution in [-0.2, 0) is 9.59 Å². The van der Waals surface area contributed by atoms with E-state index in [-0.39, 0.29) is 11.8 Å². The van der Waals surface area contributed by atoms with Crippen molar-refractivity contribution in [3.8, 4) is 0 Å². The first kappa shape index (κ1) is 17.9. The van der Waals surface area contributed by atoms with Crippen molar-refractivity contribution in [2.24, 2.45) is 5.92 Å². The Kier molecular flexibility index (Phi) is 6.96. The van der Waals surface area contributed by atoms with Crippen LogP contribution in [0.25, 0.3) is 0 Å². The molecule has 1 aromatic rings. The Morgan fingerprint density at radius 3 is 2.52 bits per heavy atom. The maximum absolute atomic E-state index is 12.5. The predicted molar refractivity (Wildman–Crippen MR) is 94.6 cm³/mol. The molecule has 1 aliphatic heterocycles. The highest BCUT2D eigenvalue weighted by atomic mass is 32.2. The van der Waals surface area contributed by atoms with Crippen molar-refractivity contribution in [2.45, 2.75) is 37.0 Å². The number of benzene rings is 1. The van der Waals surface area contributed by atoms with E-state index >= 15 is 0 Å². The van der Waals surface area contributed by atoms with Gasteiger partial charge in [-0.1, -0.05) is 19.1 Å². The van der Waals surface area contributed by atoms with Crippen molar-refractivity contribution in [1.82, 2.24) is 10.2 Å². The van der Waals surface area contributed by atoms with Gasteiger partial charge in [0.1, 0.15) is 0 Å². The summed E-state index contributed by atoms with van der Waals surface area (Å²) >= 11 is 1.76. The maximum atomic E-state index is 12.5. The van der Waals surface area contributed by atoms with Crippen LogP contribution in [0.1, 0.15) is 37.7 Å². The number of likely N-dealkylation sites (tertiary alicyclic amines) is 1. The molecule has 2 amide bonds. The smallest absolute Gasteiger partial charge is 0.227 e. The second kappa shape index (κ2) is 8.96. The lowest BCUT2D eigenvalue weighted by molar-refractivity contribution is -0.136. The summed E-state index contributed by atoms with van der Waals surface area (Å²) < 4.78 is 0. The average molecular weight is 334 g/mol. The summed E-state index contributed by atoms with van der Waals surface area (Å²) in [4.78, 5) is 26.2. The van der Waals surface area contributed by atoms with Gasteiger partial charge in [-0.3, -0.25) is 9.59 Å². The van der Waals surface area contributed by atoms with Crippen LogP contribution in [-0.4, -0.2) is 43.1 Å². The molecule has 5 heteroatoms. The molecule has 0 bridgehead atoms. The molecule has 0 radical (unpaired) electrons. The SMILES string of the molecule is CCC(CNC=O)C(=O)N1CCC(c2ccc(SC)cc2)CC1. The molecule has 1 N–H and O–H groups in total. The lowest BCUT2D eigenvalue weighted by Crippen LogP contribution is -2.43. The molecule has 0 spiro atoms. The number of carbonyl (C=O) groups is 2. The zero-order valence-electron chi connectivity index (χ0n) is 14.0. The van der Waals surface area contributed by atoms with Crippen LogP contribution < -0.4 is 5.32 Å². The fourth-order valence-corrected chi connectivity index (χ4v) is 3.57. The number of amides is 2. The molecule has 1 heterocycles. The van der Waals surface area contributed by atoms with Crippen LogP contribution in [0, 0.1) is 5.92 Å². The highest BCUT2D eigenvalue weighted by Gasteiger charge is 2.27. The van der Waals surface area contributed by atoms with Gasteiger partial charge in [0.2, 0.25) is 12.3 Å². The average Bonchev–Trinajstić information content (AvgIpc) is 2.62. The highest BCUT2D eigenvalue weighted by molar-refractivity contribution is 7.98. The summed E-state index contributed by atoms with van der Waals surface area (Å²) in [6.07, 6.45) is 5.54. The Balaban J connectivity index is 1.89. The van der Waals surface area contributed by atoms with Crippen molar-refractivity contribution >= 4 is 24.1 Å². The van der Waals surface area contributed by atoms with Gasteiger partial charge in [0.25, 0.3) is 0 Å². The molecule has 1 fully saturated rings. The lowest BCUT2D eigenvalue weighted by atomic mass is 9.89. The predicted octanol–water partition coefficient (Wildman–Crippen LogP) is 2.89. The highest BCUT2D eigenvalue weighted by Crippen LogP contribution is 2.30. The molecule has 1 aromatic carbocycles. The number of thioether (sulfide) groups is 1. The van der Waals surface area contributed by atoms with E-state index in [2.05, 4.69) is 35.8 Å². The van der Waals surface area contributed by atoms with Crippen molar-refractivity contribution in [3.63, 3.8) is 0 Å². The first-order valence-corrected chi connectivity index (χ1v) is 9.51. The standard InChI is InChI=1S/C18H26N2O2S/c1-3-14(12-19-13-21)18(22)20-10-8-16(9-11-20)15-4-6-17(23-2)7-5-15/h4-7,13-14,16H,3,8-12H2,1-2H3,(H,19,21). The summed E-state index contributed by atoms with van der Waals surface area (Å²) in [5, 5.41) is 2.63. The van der Waals surface area contributed by atoms with Crippen LogP contribution >= 0.6 is 11.8 Å². The molecule has 0 aromatic heterocycles. The molecule has 1 aliphatic rings. The van der Waals surface area contributed by atoms with Crippen LogP contribution in [0.5, 0.6) is 0 Å². The van der Waals surface area contributed by atoms with E-state index < -0.39 is 0 Å². The second-order valence-electron chi connectivity index (χ2n) is 6.00. The van der Waals surface area contributed by atoms with E-state index in [0.29, 0.717) is 18.9 Å². The van der Waals surface area contributed by atoms with Crippen molar-refractivity contribution in [1.29, 1.82) is 0 Å². The number of hydrogen-bond acceptors (Lipinski definition) is 3. The van der Waals surface area contributed by atoms with Crippen LogP contribution in [0.3, 0.4) is 0 Å². The number of hydrogen-bond donors (Lipinski definition) is 1. The van der Waals surface area contributed by atoms with Gasteiger partial charge in [0.15, 0.2) is 0 Å². The van der Waals surface area contributed by atoms with Crippen LogP contribution in [0.15, 0.2) is 29.2 Å². The Bertz CT molecular complexity index is 510. The van der Waals surface area contributed by atoms with Crippen molar-refractivity contribution < 1.29 is 9.59 Å². The van der Waals surface area contributed by atoms with Crippen molar-refractivity contribution in [2.75, 3.05) is 25.9 Å². The van der Waals surface area contributed by atoms with Gasteiger partial charge in [0, 0.05) is 24.5 Å². The van der Waals surface area contributed by atoms with E-state index in [0.717, 1.165) is 32.4 Å². The molecular weight excluding hydrogens is 308 g/mol. The first-order chi connectivity index (χ1) is 11.2. The Labute approximate surface area is 143 Å². The summed E-state index contributed by atoms with van der Waals surface area (Å²) in [5.74, 6) is 0.624. The van der Waals surface area contributed by atoms with E-state index in [9.17, 15) is 9.59 Å². The zero-order valence-corrected chi connectivity index (χ0v) is 14.8. The minimum atomic E-state index is -0.0994. The van der Waals surface area contributed by atoms with E-state index in [4.69, 9.17) is 0 Å². The Morgan fingerprint density at radius 2 is 2.00 bits per heavy atom. The molecule has 1 atom stereocenters. The van der Waals surface area contributed by atoms with E-state index in [1.54, 1.807) is 11.8 Å². The summed E-state index contributed by atoms with van der Waals surface area (Å²) in [5.41, 5.74) is 1.38. The lowest BCUT2D eigenvalue weighted by Gasteiger charge is -2.34. The number of carbonyl (C=O) groups excluding carboxylic acids is 2. The summed E-state index contributed by atoms with van der Waals surface area (Å²) in [6, 6.07) is 8.79. The van der Waals surface area contributed by atoms with Gasteiger partial charge < -0.3 is 10.2 Å². The molecule has 126 valence electrons. The Morgan fingerprint density at radius 1 is 1.35 bits per heavy atom. The van der Waals surface area contributed by atoms with Gasteiger partial charge in [-0.2, -0.15) is 0 Å². The zero-order chi connectivity index (χ0) is 16.7. The van der Waals surface area contributed by atoms with E-state index in [1.807, 2.05) is 11.8 Å². The minimum Gasteiger partial charge on any atom is -0.358 e. The maximum Gasteiger partial charge on any atom is 0.227 e. The monoisotopic (exact) mass is 334 g/mol. The fraction of sp³-hybridized carbons (Fsp3) is 0.556. The molecule has 1 unspecified atom stereocenters. The molecule has 2 rings (SSSR count). The largest absolute Gasteiger partial charge is 0.358 e. The summed E-state index contributed by atoms with van der Waals surface area (Å²) in [7, 11) is 0. The van der Waals surface area contributed by atoms with Gasteiger partial charge in [-0.05, 0) is 49.1 Å². The number of rotatable bonds is 7. The molecule has 4 nitrogen and oxygen atoms in total. The Hall–Kier alpha value is -1.49. The molecule has 23 heavy (non-hydrogen) atoms. The third-order valence-electron chi connectivity index (χ3n) is 4.68. The third-order valence-corrected chi connectivity index (χ3v) is 5.43. The van der Waals surface area contributed by atoms with E-state index in [1.165, 1.54) is 10.5 Å². The molecular formula is C18H26N2O2S. The quantitative estimate of drug-likeness (QED) is 0.616. The molecule has 0 saturated carbocycles. The number of nitrogens with zero attached hydrogens (tertiary/aromatic N) is 1. The molecule has 1 saturated heterocycles. The fourth-order valence-electron chi connectivity index (χ4n) is 3.16. The molecule has 0 aliphatic carbocycles. The number of nitrogens with one attached hydrogen (secondary N) is 1. The van der Waals surface area contributed by atoms with Gasteiger partial charge in [-0.25, -0.2) is 0 Å². The van der Waals surface area contributed by atoms with Crippen LogP contribution in [0.4, 0.5) is 0 Å². The van der Waals surface area contributed by atoms with Gasteiger partial charge in [0.05, 0.1) is 5.92 Å². The van der Waals surface area contributed by atoms with Crippen molar-refractivity contribution in [3.05, 3.63) is 29.8 Å². The number of piperidine rings is 1. The minimum absolute atomic E-state index is 0.0994. The van der Waals surface area contributed by atoms with Crippen LogP contribution in [0.2, 0.25) is 0 Å². The summed E-state index contributed by atoms with van der Waals surface area (Å²) in [6.45, 7) is 4.06. The van der Waals surface area contributed by atoms with Gasteiger partial charge >= 0.3 is 0 Å². The van der Waals surface area contributed by atoms with Gasteiger partial charge in [-0.15, -0.1) is 11.8 Å². The topological polar surface area (TPSA) is 49.4 Å². The second-order valence-corrected chi connectivity index (χ2v) is 6.88.